The summed E-state index contributed by atoms with van der Waals surface area (Å²) in [5.41, 5.74) is 4.50. The van der Waals surface area contributed by atoms with Gasteiger partial charge in [0.05, 0.1) is 25.4 Å². The van der Waals surface area contributed by atoms with Crippen LogP contribution in [-0.2, 0) is 32.2 Å². The smallest absolute Gasteiger partial charge is 0.303 e. The van der Waals surface area contributed by atoms with E-state index in [0.29, 0.717) is 32.2 Å². The number of aliphatic carboxylic acids is 1. The maximum absolute atomic E-state index is 11.1. The second kappa shape index (κ2) is 15.7. The average molecular weight is 549 g/mol. The van der Waals surface area contributed by atoms with E-state index >= 15 is 0 Å². The van der Waals surface area contributed by atoms with Crippen LogP contribution in [0.4, 0.5) is 0 Å². The lowest BCUT2D eigenvalue weighted by Gasteiger charge is -2.33. The summed E-state index contributed by atoms with van der Waals surface area (Å²) < 4.78 is 12.9. The fourth-order valence-electron chi connectivity index (χ4n) is 5.72. The van der Waals surface area contributed by atoms with E-state index in [2.05, 4.69) is 46.6 Å². The molecule has 0 bridgehead atoms. The zero-order valence-electron chi connectivity index (χ0n) is 23.7. The lowest BCUT2D eigenvalue weighted by Crippen LogP contribution is -2.45. The quantitative estimate of drug-likeness (QED) is 0.311. The molecule has 2 fully saturated rings. The van der Waals surface area contributed by atoms with Gasteiger partial charge in [-0.05, 0) is 67.4 Å². The van der Waals surface area contributed by atoms with Crippen LogP contribution >= 0.6 is 0 Å². The zero-order chi connectivity index (χ0) is 28.2. The van der Waals surface area contributed by atoms with Gasteiger partial charge < -0.3 is 19.9 Å². The van der Waals surface area contributed by atoms with Crippen molar-refractivity contribution in [1.82, 2.24) is 10.2 Å². The first kappa shape index (κ1) is 30.0. The van der Waals surface area contributed by atoms with Gasteiger partial charge in [0.2, 0.25) is 5.91 Å². The molecule has 1 amide bonds. The van der Waals surface area contributed by atoms with Crippen LogP contribution in [0, 0.1) is 0 Å². The molecule has 0 radical (unpaired) electrons. The Morgan fingerprint density at radius 3 is 2.17 bits per heavy atom. The first-order chi connectivity index (χ1) is 19.5. The van der Waals surface area contributed by atoms with Gasteiger partial charge in [0, 0.05) is 25.9 Å². The summed E-state index contributed by atoms with van der Waals surface area (Å²) in [4.78, 5) is 24.5. The molecule has 2 N–H and O–H groups in total. The highest BCUT2D eigenvalue weighted by Gasteiger charge is 2.40. The van der Waals surface area contributed by atoms with Crippen molar-refractivity contribution in [1.29, 1.82) is 0 Å². The molecule has 2 aromatic rings. The Hall–Kier alpha value is -3.00. The Morgan fingerprint density at radius 1 is 0.900 bits per heavy atom. The van der Waals surface area contributed by atoms with E-state index in [0.717, 1.165) is 48.2 Å². The average Bonchev–Trinajstić information content (AvgIpc) is 3.16. The molecule has 3 atom stereocenters. The standard InChI is InChI=1S/C33H44N2O5/c1-25(36)34-23-26-10-14-28(15-11-26)29-16-12-27(13-17-29)24-40-31-19-18-30(35-20-6-2-3-7-21-35)33(31)39-22-8-4-5-9-32(37)38/h4,8,10-17,30-31,33H,2-3,5-7,9,18-24H2,1H3,(H,34,36)(H,37,38)/b8-4-/t30-,31?,33+/m0/s1. The molecule has 1 aliphatic carbocycles. The number of rotatable bonds is 13. The minimum atomic E-state index is -0.777. The summed E-state index contributed by atoms with van der Waals surface area (Å²) in [6.07, 6.45) is 11.7. The number of carbonyl (C=O) groups excluding carboxylic acids is 1. The zero-order valence-corrected chi connectivity index (χ0v) is 23.7. The van der Waals surface area contributed by atoms with Crippen molar-refractivity contribution in [2.24, 2.45) is 0 Å². The molecule has 7 heteroatoms. The highest BCUT2D eigenvalue weighted by molar-refractivity contribution is 5.72. The molecule has 1 heterocycles. The second-order valence-electron chi connectivity index (χ2n) is 10.9. The van der Waals surface area contributed by atoms with Crippen molar-refractivity contribution in [2.45, 2.75) is 89.7 Å². The lowest BCUT2D eigenvalue weighted by molar-refractivity contribution is -0.136. The number of allylic oxidation sites excluding steroid dienone is 1. The molecule has 2 aromatic carbocycles. The molecular formula is C33H44N2O5. The van der Waals surface area contributed by atoms with Crippen molar-refractivity contribution >= 4 is 11.9 Å². The first-order valence-corrected chi connectivity index (χ1v) is 14.8. The van der Waals surface area contributed by atoms with Gasteiger partial charge in [-0.25, -0.2) is 0 Å². The summed E-state index contributed by atoms with van der Waals surface area (Å²) in [6.45, 7) is 5.34. The molecule has 0 aromatic heterocycles. The summed E-state index contributed by atoms with van der Waals surface area (Å²) >= 11 is 0. The maximum Gasteiger partial charge on any atom is 0.303 e. The van der Waals surface area contributed by atoms with Crippen molar-refractivity contribution in [3.8, 4) is 11.1 Å². The number of carboxylic acid groups (broad SMARTS) is 1. The number of likely N-dealkylation sites (tertiary alicyclic amines) is 1. The predicted molar refractivity (Wildman–Crippen MR) is 157 cm³/mol. The first-order valence-electron chi connectivity index (χ1n) is 14.8. The van der Waals surface area contributed by atoms with E-state index in [1.807, 2.05) is 24.3 Å². The molecule has 7 nitrogen and oxygen atoms in total. The predicted octanol–water partition coefficient (Wildman–Crippen LogP) is 5.72. The molecule has 1 saturated carbocycles. The lowest BCUT2D eigenvalue weighted by atomic mass is 10.0. The van der Waals surface area contributed by atoms with E-state index in [1.165, 1.54) is 32.6 Å². The van der Waals surface area contributed by atoms with E-state index in [9.17, 15) is 9.59 Å². The fourth-order valence-corrected chi connectivity index (χ4v) is 5.72. The summed E-state index contributed by atoms with van der Waals surface area (Å²) in [7, 11) is 0. The number of amides is 1. The third kappa shape index (κ3) is 9.29. The molecule has 40 heavy (non-hydrogen) atoms. The van der Waals surface area contributed by atoms with Crippen LogP contribution in [0.3, 0.4) is 0 Å². The molecule has 1 aliphatic heterocycles. The number of carboxylic acids is 1. The van der Waals surface area contributed by atoms with Gasteiger partial charge in [0.15, 0.2) is 0 Å². The molecule has 1 unspecified atom stereocenters. The molecular weight excluding hydrogens is 504 g/mol. The van der Waals surface area contributed by atoms with Crippen molar-refractivity contribution in [3.05, 3.63) is 71.8 Å². The van der Waals surface area contributed by atoms with Crippen molar-refractivity contribution in [2.75, 3.05) is 19.7 Å². The number of carbonyl (C=O) groups is 2. The van der Waals surface area contributed by atoms with Crippen LogP contribution < -0.4 is 5.32 Å². The fraction of sp³-hybridized carbons (Fsp3) is 0.515. The number of nitrogens with zero attached hydrogens (tertiary/aromatic N) is 1. The summed E-state index contributed by atoms with van der Waals surface area (Å²) in [5.74, 6) is -0.805. The largest absolute Gasteiger partial charge is 0.481 e. The number of nitrogens with one attached hydrogen (secondary N) is 1. The summed E-state index contributed by atoms with van der Waals surface area (Å²) in [6, 6.07) is 17.1. The third-order valence-electron chi connectivity index (χ3n) is 7.93. The minimum absolute atomic E-state index is 0.0116. The van der Waals surface area contributed by atoms with Crippen LogP contribution in [0.2, 0.25) is 0 Å². The highest BCUT2D eigenvalue weighted by Crippen LogP contribution is 2.32. The van der Waals surface area contributed by atoms with E-state index in [1.54, 1.807) is 0 Å². The minimum Gasteiger partial charge on any atom is -0.481 e. The van der Waals surface area contributed by atoms with Gasteiger partial charge >= 0.3 is 5.97 Å². The van der Waals surface area contributed by atoms with Gasteiger partial charge in [-0.3, -0.25) is 14.5 Å². The van der Waals surface area contributed by atoms with Crippen LogP contribution in [0.25, 0.3) is 11.1 Å². The Morgan fingerprint density at radius 2 is 1.55 bits per heavy atom. The number of ether oxygens (including phenoxy) is 2. The van der Waals surface area contributed by atoms with Gasteiger partial charge in [0.1, 0.15) is 0 Å². The van der Waals surface area contributed by atoms with Crippen LogP contribution in [0.5, 0.6) is 0 Å². The topological polar surface area (TPSA) is 88.1 Å². The number of hydrogen-bond donors (Lipinski definition) is 2. The second-order valence-corrected chi connectivity index (χ2v) is 10.9. The maximum atomic E-state index is 11.1. The number of benzene rings is 2. The molecule has 2 aliphatic rings. The Labute approximate surface area is 238 Å². The van der Waals surface area contributed by atoms with E-state index in [-0.39, 0.29) is 24.5 Å². The molecule has 4 rings (SSSR count). The van der Waals surface area contributed by atoms with E-state index < -0.39 is 5.97 Å². The summed E-state index contributed by atoms with van der Waals surface area (Å²) in [5, 5.41) is 11.7. The SMILES string of the molecule is CC(=O)NCc1ccc(-c2ccc(COC3CC[C@H](N4CCCCCC4)[C@H]3OC/C=C\CCC(=O)O)cc2)cc1. The van der Waals surface area contributed by atoms with E-state index in [4.69, 9.17) is 14.6 Å². The van der Waals surface area contributed by atoms with Gasteiger partial charge in [0.25, 0.3) is 0 Å². The Kier molecular flexibility index (Phi) is 11.8. The Balaban J connectivity index is 1.33. The monoisotopic (exact) mass is 548 g/mol. The van der Waals surface area contributed by atoms with Crippen LogP contribution in [-0.4, -0.2) is 59.8 Å². The van der Waals surface area contributed by atoms with Gasteiger partial charge in [-0.1, -0.05) is 73.5 Å². The van der Waals surface area contributed by atoms with Gasteiger partial charge in [-0.15, -0.1) is 0 Å². The third-order valence-corrected chi connectivity index (χ3v) is 7.93. The molecule has 216 valence electrons. The van der Waals surface area contributed by atoms with Crippen molar-refractivity contribution < 1.29 is 24.2 Å². The highest BCUT2D eigenvalue weighted by atomic mass is 16.5. The number of hydrogen-bond acceptors (Lipinski definition) is 5. The van der Waals surface area contributed by atoms with Crippen LogP contribution in [0.1, 0.15) is 69.4 Å². The normalized spacial score (nSPS) is 21.9. The molecule has 1 saturated heterocycles. The van der Waals surface area contributed by atoms with Crippen LogP contribution in [0.15, 0.2) is 60.7 Å². The Bertz CT molecular complexity index is 1090. The van der Waals surface area contributed by atoms with Gasteiger partial charge in [-0.2, -0.15) is 0 Å². The molecule has 0 spiro atoms. The van der Waals surface area contributed by atoms with Crippen molar-refractivity contribution in [3.63, 3.8) is 0 Å².